The predicted molar refractivity (Wildman–Crippen MR) is 118 cm³/mol. The zero-order valence-electron chi connectivity index (χ0n) is 16.8. The van der Waals surface area contributed by atoms with Gasteiger partial charge in [-0.2, -0.15) is 0 Å². The van der Waals surface area contributed by atoms with Gasteiger partial charge in [-0.15, -0.1) is 0 Å². The van der Waals surface area contributed by atoms with Crippen molar-refractivity contribution >= 4 is 40.7 Å². The molecule has 0 bridgehead atoms. The Morgan fingerprint density at radius 2 is 2.12 bits per heavy atom. The van der Waals surface area contributed by atoms with Crippen LogP contribution in [0.15, 0.2) is 63.7 Å². The zero-order chi connectivity index (χ0) is 23.0. The largest absolute Gasteiger partial charge is 0.466 e. The third-order valence-corrected chi connectivity index (χ3v) is 6.18. The van der Waals surface area contributed by atoms with Gasteiger partial charge in [-0.3, -0.25) is 24.5 Å². The minimum Gasteiger partial charge on any atom is -0.466 e. The van der Waals surface area contributed by atoms with Crippen molar-refractivity contribution in [3.05, 3.63) is 99.9 Å². The van der Waals surface area contributed by atoms with Crippen molar-refractivity contribution in [2.75, 3.05) is 7.11 Å². The highest BCUT2D eigenvalue weighted by molar-refractivity contribution is 7.07. The number of esters is 1. The Labute approximate surface area is 189 Å². The number of pyridine rings is 1. The number of benzene rings is 1. The van der Waals surface area contributed by atoms with Crippen LogP contribution in [-0.4, -0.2) is 27.6 Å². The van der Waals surface area contributed by atoms with E-state index in [0.29, 0.717) is 26.3 Å². The maximum atomic E-state index is 13.4. The third kappa shape index (κ3) is 3.74. The highest BCUT2D eigenvalue weighted by Gasteiger charge is 2.34. The quantitative estimate of drug-likeness (QED) is 0.328. The Hall–Kier alpha value is -3.63. The first-order chi connectivity index (χ1) is 15.3. The molecule has 1 aromatic carbocycles. The maximum absolute atomic E-state index is 13.4. The molecule has 4 rings (SSSR count). The minimum absolute atomic E-state index is 0.0540. The monoisotopic (exact) mass is 470 g/mol. The number of hydrogen-bond acceptors (Lipinski definition) is 8. The average molecular weight is 471 g/mol. The first-order valence-electron chi connectivity index (χ1n) is 9.27. The van der Waals surface area contributed by atoms with Gasteiger partial charge in [-0.1, -0.05) is 35.1 Å². The van der Waals surface area contributed by atoms with Gasteiger partial charge in [0.05, 0.1) is 39.6 Å². The second-order valence-electron chi connectivity index (χ2n) is 6.80. The molecule has 0 N–H and O–H groups in total. The van der Waals surface area contributed by atoms with Crippen molar-refractivity contribution in [1.29, 1.82) is 0 Å². The summed E-state index contributed by atoms with van der Waals surface area (Å²) < 4.78 is 6.62. The van der Waals surface area contributed by atoms with Crippen molar-refractivity contribution in [2.24, 2.45) is 4.99 Å². The summed E-state index contributed by atoms with van der Waals surface area (Å²) in [7, 11) is 1.22. The number of thiazole rings is 1. The SMILES string of the molecule is COC(=O)C1=C(C)N=c2sc(=Cc3ccccn3)c(=O)n2C1c1ccc(Cl)c([N+](=O)[O-])c1. The van der Waals surface area contributed by atoms with Crippen molar-refractivity contribution in [3.63, 3.8) is 0 Å². The fourth-order valence-electron chi connectivity index (χ4n) is 3.44. The molecule has 0 saturated heterocycles. The first-order valence-corrected chi connectivity index (χ1v) is 10.5. The summed E-state index contributed by atoms with van der Waals surface area (Å²) in [5.74, 6) is -0.687. The summed E-state index contributed by atoms with van der Waals surface area (Å²) in [6.07, 6.45) is 3.24. The topological polar surface area (TPSA) is 117 Å². The Morgan fingerprint density at radius 1 is 1.34 bits per heavy atom. The number of rotatable bonds is 4. The van der Waals surface area contributed by atoms with Gasteiger partial charge in [0.15, 0.2) is 4.80 Å². The Morgan fingerprint density at radius 3 is 2.78 bits per heavy atom. The fourth-order valence-corrected chi connectivity index (χ4v) is 4.66. The van der Waals surface area contributed by atoms with Crippen LogP contribution >= 0.6 is 22.9 Å². The molecule has 3 aromatic rings. The van der Waals surface area contributed by atoms with Gasteiger partial charge < -0.3 is 4.74 Å². The molecule has 0 saturated carbocycles. The molecule has 32 heavy (non-hydrogen) atoms. The lowest BCUT2D eigenvalue weighted by molar-refractivity contribution is -0.384. The van der Waals surface area contributed by atoms with E-state index in [1.54, 1.807) is 37.4 Å². The number of nitro benzene ring substituents is 1. The minimum atomic E-state index is -0.972. The van der Waals surface area contributed by atoms with Crippen molar-refractivity contribution in [2.45, 2.75) is 13.0 Å². The third-order valence-electron chi connectivity index (χ3n) is 4.88. The lowest BCUT2D eigenvalue weighted by atomic mass is 9.95. The summed E-state index contributed by atoms with van der Waals surface area (Å²) in [6, 6.07) is 8.50. The van der Waals surface area contributed by atoms with Gasteiger partial charge in [-0.25, -0.2) is 9.79 Å². The summed E-state index contributed by atoms with van der Waals surface area (Å²) >= 11 is 7.10. The van der Waals surface area contributed by atoms with Crippen LogP contribution in [-0.2, 0) is 9.53 Å². The van der Waals surface area contributed by atoms with E-state index in [9.17, 15) is 19.7 Å². The fraction of sp³-hybridized carbons (Fsp3) is 0.143. The van der Waals surface area contributed by atoms with Crippen LogP contribution in [0, 0.1) is 10.1 Å². The van der Waals surface area contributed by atoms with E-state index in [0.717, 1.165) is 11.3 Å². The molecular weight excluding hydrogens is 456 g/mol. The first kappa shape index (κ1) is 21.6. The number of ether oxygens (including phenoxy) is 1. The van der Waals surface area contributed by atoms with Crippen LogP contribution in [0.1, 0.15) is 24.2 Å². The zero-order valence-corrected chi connectivity index (χ0v) is 18.4. The van der Waals surface area contributed by atoms with E-state index in [2.05, 4.69) is 9.98 Å². The molecule has 0 aliphatic carbocycles. The lowest BCUT2D eigenvalue weighted by Gasteiger charge is -2.24. The summed E-state index contributed by atoms with van der Waals surface area (Å²) in [5, 5.41) is 11.4. The Balaban J connectivity index is 2.01. The van der Waals surface area contributed by atoms with E-state index in [-0.39, 0.29) is 16.3 Å². The van der Waals surface area contributed by atoms with E-state index in [4.69, 9.17) is 16.3 Å². The molecule has 2 aromatic heterocycles. The number of halogens is 1. The van der Waals surface area contributed by atoms with Gasteiger partial charge in [0, 0.05) is 12.3 Å². The van der Waals surface area contributed by atoms with Gasteiger partial charge in [0.2, 0.25) is 0 Å². The normalized spacial score (nSPS) is 15.8. The van der Waals surface area contributed by atoms with Crippen LogP contribution in [0.2, 0.25) is 5.02 Å². The highest BCUT2D eigenvalue weighted by Crippen LogP contribution is 2.34. The van der Waals surface area contributed by atoms with Crippen LogP contribution < -0.4 is 14.9 Å². The molecule has 1 unspecified atom stereocenters. The molecule has 162 valence electrons. The van der Waals surface area contributed by atoms with Crippen molar-refractivity contribution in [3.8, 4) is 0 Å². The van der Waals surface area contributed by atoms with Gasteiger partial charge >= 0.3 is 5.97 Å². The maximum Gasteiger partial charge on any atom is 0.338 e. The van der Waals surface area contributed by atoms with E-state index in [1.165, 1.54) is 29.9 Å². The Bertz CT molecular complexity index is 1460. The molecule has 1 atom stereocenters. The van der Waals surface area contributed by atoms with E-state index in [1.807, 2.05) is 0 Å². The average Bonchev–Trinajstić information content (AvgIpc) is 3.07. The number of nitrogens with zero attached hydrogens (tertiary/aromatic N) is 4. The second-order valence-corrected chi connectivity index (χ2v) is 8.21. The number of nitro groups is 1. The number of carbonyl (C=O) groups is 1. The van der Waals surface area contributed by atoms with Crippen LogP contribution in [0.4, 0.5) is 5.69 Å². The Kier molecular flexibility index (Phi) is 5.72. The number of hydrogen-bond donors (Lipinski definition) is 0. The van der Waals surface area contributed by atoms with E-state index >= 15 is 0 Å². The molecule has 3 heterocycles. The van der Waals surface area contributed by atoms with Crippen LogP contribution in [0.25, 0.3) is 6.08 Å². The molecular formula is C21H15ClN4O5S. The number of aromatic nitrogens is 2. The number of allylic oxidation sites excluding steroid dienone is 1. The molecule has 0 radical (unpaired) electrons. The predicted octanol–water partition coefficient (Wildman–Crippen LogP) is 2.36. The van der Waals surface area contributed by atoms with Crippen LogP contribution in [0.3, 0.4) is 0 Å². The van der Waals surface area contributed by atoms with Gasteiger partial charge in [0.1, 0.15) is 5.02 Å². The molecule has 0 fully saturated rings. The number of carbonyl (C=O) groups excluding carboxylic acids is 1. The van der Waals surface area contributed by atoms with E-state index < -0.39 is 22.5 Å². The van der Waals surface area contributed by atoms with Crippen molar-refractivity contribution in [1.82, 2.24) is 9.55 Å². The lowest BCUT2D eigenvalue weighted by Crippen LogP contribution is -2.39. The molecule has 11 heteroatoms. The second kappa shape index (κ2) is 8.48. The number of methoxy groups -OCH3 is 1. The molecule has 0 spiro atoms. The number of fused-ring (bicyclic) bond motifs is 1. The smallest absolute Gasteiger partial charge is 0.338 e. The van der Waals surface area contributed by atoms with Crippen molar-refractivity contribution < 1.29 is 14.5 Å². The summed E-state index contributed by atoms with van der Waals surface area (Å²) in [4.78, 5) is 45.8. The summed E-state index contributed by atoms with van der Waals surface area (Å²) in [5.41, 5.74) is 0.641. The van der Waals surface area contributed by atoms with Gasteiger partial charge in [-0.05, 0) is 36.8 Å². The standard InChI is InChI=1S/C21H15ClN4O5S/c1-11-17(20(28)31-2)18(12-6-7-14(22)15(9-12)26(29)30)25-19(27)16(32-21(25)24-11)10-13-5-3-4-8-23-13/h3-10,18H,1-2H3. The van der Waals surface area contributed by atoms with Gasteiger partial charge in [0.25, 0.3) is 11.2 Å². The molecule has 1 aliphatic rings. The molecule has 1 aliphatic heterocycles. The summed E-state index contributed by atoms with van der Waals surface area (Å²) in [6.45, 7) is 1.62. The molecule has 0 amide bonds. The highest BCUT2D eigenvalue weighted by atomic mass is 35.5. The van der Waals surface area contributed by atoms with Crippen LogP contribution in [0.5, 0.6) is 0 Å². The molecule has 9 nitrogen and oxygen atoms in total.